The van der Waals surface area contributed by atoms with Crippen molar-refractivity contribution < 1.29 is 14.3 Å². The summed E-state index contributed by atoms with van der Waals surface area (Å²) >= 11 is 0. The molecule has 0 unspecified atom stereocenters. The maximum absolute atomic E-state index is 11.1. The molecule has 0 aromatic heterocycles. The normalized spacial score (nSPS) is 9.27. The lowest BCUT2D eigenvalue weighted by Gasteiger charge is -2.09. The molecule has 0 heterocycles. The summed E-state index contributed by atoms with van der Waals surface area (Å²) in [5.74, 6) is 4.41. The van der Waals surface area contributed by atoms with E-state index in [1.807, 2.05) is 0 Å². The summed E-state index contributed by atoms with van der Waals surface area (Å²) < 4.78 is 4.67. The van der Waals surface area contributed by atoms with Gasteiger partial charge in [-0.1, -0.05) is 12.0 Å². The van der Waals surface area contributed by atoms with E-state index in [4.69, 9.17) is 0 Å². The Morgan fingerprint density at radius 2 is 2.07 bits per heavy atom. The van der Waals surface area contributed by atoms with Crippen molar-refractivity contribution in [2.75, 3.05) is 20.2 Å². The second-order valence-corrected chi connectivity index (χ2v) is 2.83. The molecule has 15 heavy (non-hydrogen) atoms. The molecule has 0 fully saturated rings. The van der Waals surface area contributed by atoms with Crippen molar-refractivity contribution in [3.63, 3.8) is 0 Å². The molecular weight excluding hydrogens is 194 g/mol. The Bertz CT molecular complexity index is 310. The zero-order valence-corrected chi connectivity index (χ0v) is 9.24. The lowest BCUT2D eigenvalue weighted by molar-refractivity contribution is -0.139. The molecule has 0 radical (unpaired) electrons. The van der Waals surface area contributed by atoms with Crippen molar-refractivity contribution in [1.82, 2.24) is 4.90 Å². The van der Waals surface area contributed by atoms with Crippen molar-refractivity contribution in [2.24, 2.45) is 0 Å². The molecule has 0 aromatic carbocycles. The van der Waals surface area contributed by atoms with Crippen molar-refractivity contribution >= 4 is 11.9 Å². The molecule has 4 heteroatoms. The van der Waals surface area contributed by atoms with E-state index in [0.29, 0.717) is 6.54 Å². The number of carbonyl (C=O) groups excluding carboxylic acids is 2. The van der Waals surface area contributed by atoms with E-state index in [9.17, 15) is 9.59 Å². The minimum atomic E-state index is -0.319. The fourth-order valence-electron chi connectivity index (χ4n) is 0.751. The number of hydrogen-bond donors (Lipinski definition) is 0. The van der Waals surface area contributed by atoms with Crippen LogP contribution >= 0.6 is 0 Å². The third kappa shape index (κ3) is 7.32. The zero-order chi connectivity index (χ0) is 11.7. The smallest absolute Gasteiger partial charge is 0.302 e. The molecule has 0 spiro atoms. The van der Waals surface area contributed by atoms with E-state index in [-0.39, 0.29) is 18.5 Å². The van der Waals surface area contributed by atoms with Crippen molar-refractivity contribution in [1.29, 1.82) is 0 Å². The standard InChI is InChI=1S/C11H15NO3/c1-4-7-11(14)12(3)8-5-6-9-15-10(2)13/h5-6H,8-9H2,1-3H3/b6-5-. The van der Waals surface area contributed by atoms with Gasteiger partial charge in [-0.3, -0.25) is 9.59 Å². The number of rotatable bonds is 4. The number of amides is 1. The highest BCUT2D eigenvalue weighted by Gasteiger charge is 2.00. The van der Waals surface area contributed by atoms with Crippen molar-refractivity contribution in [3.05, 3.63) is 12.2 Å². The maximum atomic E-state index is 11.1. The Hall–Kier alpha value is -1.76. The molecule has 0 N–H and O–H groups in total. The highest BCUT2D eigenvalue weighted by molar-refractivity contribution is 5.93. The third-order valence-corrected chi connectivity index (χ3v) is 1.51. The topological polar surface area (TPSA) is 46.6 Å². The van der Waals surface area contributed by atoms with Gasteiger partial charge in [0.2, 0.25) is 0 Å². The lowest BCUT2D eigenvalue weighted by Crippen LogP contribution is -2.25. The van der Waals surface area contributed by atoms with E-state index in [0.717, 1.165) is 0 Å². The number of carbonyl (C=O) groups is 2. The van der Waals surface area contributed by atoms with Crippen LogP contribution in [0.3, 0.4) is 0 Å². The molecule has 0 saturated heterocycles. The number of likely N-dealkylation sites (N-methyl/N-ethyl adjacent to an activating group) is 1. The van der Waals surface area contributed by atoms with E-state index < -0.39 is 0 Å². The van der Waals surface area contributed by atoms with Gasteiger partial charge in [0.05, 0.1) is 0 Å². The van der Waals surface area contributed by atoms with Gasteiger partial charge >= 0.3 is 5.97 Å². The predicted octanol–water partition coefficient (Wildman–Crippen LogP) is 0.587. The van der Waals surface area contributed by atoms with Crippen LogP contribution in [0.5, 0.6) is 0 Å². The second kappa shape index (κ2) is 7.63. The van der Waals surface area contributed by atoms with Crippen LogP contribution in [-0.4, -0.2) is 37.0 Å². The van der Waals surface area contributed by atoms with Gasteiger partial charge in [-0.05, 0) is 18.9 Å². The molecule has 0 aliphatic carbocycles. The van der Waals surface area contributed by atoms with Gasteiger partial charge in [0.25, 0.3) is 5.91 Å². The largest absolute Gasteiger partial charge is 0.462 e. The number of ether oxygens (including phenoxy) is 1. The van der Waals surface area contributed by atoms with Gasteiger partial charge in [0, 0.05) is 20.5 Å². The molecule has 0 saturated carbocycles. The predicted molar refractivity (Wildman–Crippen MR) is 56.9 cm³/mol. The summed E-state index contributed by atoms with van der Waals surface area (Å²) in [5.41, 5.74) is 0. The van der Waals surface area contributed by atoms with E-state index in [1.165, 1.54) is 11.8 Å². The maximum Gasteiger partial charge on any atom is 0.302 e. The summed E-state index contributed by atoms with van der Waals surface area (Å²) in [6.07, 6.45) is 3.43. The SMILES string of the molecule is CC#CC(=O)N(C)C/C=C\COC(C)=O. The summed E-state index contributed by atoms with van der Waals surface area (Å²) in [6, 6.07) is 0. The average molecular weight is 209 g/mol. The van der Waals surface area contributed by atoms with Crippen LogP contribution in [0.2, 0.25) is 0 Å². The van der Waals surface area contributed by atoms with Gasteiger partial charge in [-0.25, -0.2) is 0 Å². The molecule has 0 bridgehead atoms. The summed E-state index contributed by atoms with van der Waals surface area (Å²) in [4.78, 5) is 23.0. The van der Waals surface area contributed by atoms with Crippen LogP contribution in [-0.2, 0) is 14.3 Å². The van der Waals surface area contributed by atoms with Crippen LogP contribution in [0.25, 0.3) is 0 Å². The lowest BCUT2D eigenvalue weighted by atomic mass is 10.4. The first-order chi connectivity index (χ1) is 7.07. The van der Waals surface area contributed by atoms with Crippen LogP contribution in [0.1, 0.15) is 13.8 Å². The Balaban J connectivity index is 3.78. The fourth-order valence-corrected chi connectivity index (χ4v) is 0.751. The monoisotopic (exact) mass is 209 g/mol. The van der Waals surface area contributed by atoms with Gasteiger partial charge < -0.3 is 9.64 Å². The Kier molecular flexibility index (Phi) is 6.73. The van der Waals surface area contributed by atoms with Crippen LogP contribution < -0.4 is 0 Å². The van der Waals surface area contributed by atoms with E-state index >= 15 is 0 Å². The van der Waals surface area contributed by atoms with Crippen molar-refractivity contribution in [3.8, 4) is 11.8 Å². The Morgan fingerprint density at radius 1 is 1.40 bits per heavy atom. The molecule has 82 valence electrons. The van der Waals surface area contributed by atoms with Gasteiger partial charge in [0.1, 0.15) is 6.61 Å². The molecular formula is C11H15NO3. The minimum absolute atomic E-state index is 0.227. The molecule has 0 aliphatic rings. The quantitative estimate of drug-likeness (QED) is 0.387. The van der Waals surface area contributed by atoms with Gasteiger partial charge in [0.15, 0.2) is 0 Å². The Morgan fingerprint density at radius 3 is 2.60 bits per heavy atom. The van der Waals surface area contributed by atoms with Gasteiger partial charge in [-0.2, -0.15) is 0 Å². The number of nitrogens with zero attached hydrogens (tertiary/aromatic N) is 1. The average Bonchev–Trinajstić information content (AvgIpc) is 2.16. The molecule has 0 rings (SSSR count). The van der Waals surface area contributed by atoms with Gasteiger partial charge in [-0.15, -0.1) is 0 Å². The molecule has 0 atom stereocenters. The minimum Gasteiger partial charge on any atom is -0.462 e. The molecule has 0 aromatic rings. The number of esters is 1. The third-order valence-electron chi connectivity index (χ3n) is 1.51. The second-order valence-electron chi connectivity index (χ2n) is 2.83. The zero-order valence-electron chi connectivity index (χ0n) is 9.24. The summed E-state index contributed by atoms with van der Waals surface area (Å²) in [5, 5.41) is 0. The molecule has 4 nitrogen and oxygen atoms in total. The highest BCUT2D eigenvalue weighted by Crippen LogP contribution is 1.86. The van der Waals surface area contributed by atoms with Crippen LogP contribution in [0.4, 0.5) is 0 Å². The first kappa shape index (κ1) is 13.2. The first-order valence-electron chi connectivity index (χ1n) is 4.54. The van der Waals surface area contributed by atoms with E-state index in [1.54, 1.807) is 26.1 Å². The van der Waals surface area contributed by atoms with Crippen LogP contribution in [0.15, 0.2) is 12.2 Å². The first-order valence-corrected chi connectivity index (χ1v) is 4.54. The van der Waals surface area contributed by atoms with Crippen molar-refractivity contribution in [2.45, 2.75) is 13.8 Å². The molecule has 0 aliphatic heterocycles. The number of hydrogen-bond acceptors (Lipinski definition) is 3. The molecule has 1 amide bonds. The highest BCUT2D eigenvalue weighted by atomic mass is 16.5. The van der Waals surface area contributed by atoms with Crippen LogP contribution in [0, 0.1) is 11.8 Å². The Labute approximate surface area is 89.9 Å². The summed E-state index contributed by atoms with van der Waals surface area (Å²) in [6.45, 7) is 3.65. The fraction of sp³-hybridized carbons (Fsp3) is 0.455. The summed E-state index contributed by atoms with van der Waals surface area (Å²) in [7, 11) is 1.66. The van der Waals surface area contributed by atoms with E-state index in [2.05, 4.69) is 16.6 Å².